The van der Waals surface area contributed by atoms with Crippen LogP contribution in [0, 0.1) is 12.7 Å². The maximum absolute atomic E-state index is 13.7. The van der Waals surface area contributed by atoms with Crippen LogP contribution in [-0.4, -0.2) is 41.8 Å². The van der Waals surface area contributed by atoms with Crippen LogP contribution in [0.1, 0.15) is 17.5 Å². The minimum Gasteiger partial charge on any atom is -0.481 e. The molecule has 1 unspecified atom stereocenters. The summed E-state index contributed by atoms with van der Waals surface area (Å²) in [5, 5.41) is 8.89. The van der Waals surface area contributed by atoms with Crippen LogP contribution < -0.4 is 0 Å². The number of hydrogen-bond acceptors (Lipinski definition) is 3. The molecule has 2 rings (SSSR count). The summed E-state index contributed by atoms with van der Waals surface area (Å²) in [5.41, 5.74) is 1.61. The van der Waals surface area contributed by atoms with Crippen LogP contribution in [0.15, 0.2) is 18.2 Å². The summed E-state index contributed by atoms with van der Waals surface area (Å²) in [5.74, 6) is -1.10. The molecule has 19 heavy (non-hydrogen) atoms. The van der Waals surface area contributed by atoms with Gasteiger partial charge in [-0.1, -0.05) is 17.7 Å². The third-order valence-electron chi connectivity index (χ3n) is 3.33. The Bertz CT molecular complexity index is 464. The Balaban J connectivity index is 2.10. The van der Waals surface area contributed by atoms with Gasteiger partial charge in [0.1, 0.15) is 5.82 Å². The van der Waals surface area contributed by atoms with Gasteiger partial charge in [-0.2, -0.15) is 0 Å². The number of rotatable bonds is 4. The minimum absolute atomic E-state index is 0.0213. The van der Waals surface area contributed by atoms with Crippen LogP contribution in [0.4, 0.5) is 4.39 Å². The Labute approximate surface area is 111 Å². The molecule has 0 spiro atoms. The highest BCUT2D eigenvalue weighted by atomic mass is 19.1. The van der Waals surface area contributed by atoms with Gasteiger partial charge in [-0.15, -0.1) is 0 Å². The van der Waals surface area contributed by atoms with Crippen molar-refractivity contribution in [3.8, 4) is 0 Å². The zero-order chi connectivity index (χ0) is 13.8. The zero-order valence-corrected chi connectivity index (χ0v) is 10.9. The Morgan fingerprint density at radius 2 is 2.37 bits per heavy atom. The molecule has 1 aromatic carbocycles. The van der Waals surface area contributed by atoms with Gasteiger partial charge >= 0.3 is 5.97 Å². The van der Waals surface area contributed by atoms with Gasteiger partial charge in [-0.3, -0.25) is 9.69 Å². The minimum atomic E-state index is -0.856. The quantitative estimate of drug-likeness (QED) is 0.904. The predicted molar refractivity (Wildman–Crippen MR) is 68.4 cm³/mol. The number of halogens is 1. The van der Waals surface area contributed by atoms with E-state index >= 15 is 0 Å². The maximum Gasteiger partial charge on any atom is 0.305 e. The number of carboxylic acid groups (broad SMARTS) is 1. The summed E-state index contributed by atoms with van der Waals surface area (Å²) in [6, 6.07) is 4.80. The molecule has 1 aliphatic rings. The fourth-order valence-electron chi connectivity index (χ4n) is 2.33. The molecular weight excluding hydrogens is 249 g/mol. The Morgan fingerprint density at radius 1 is 1.58 bits per heavy atom. The molecule has 5 heteroatoms. The number of nitrogens with zero attached hydrogens (tertiary/aromatic N) is 1. The topological polar surface area (TPSA) is 49.8 Å². The van der Waals surface area contributed by atoms with Crippen molar-refractivity contribution in [1.29, 1.82) is 0 Å². The third-order valence-corrected chi connectivity index (χ3v) is 3.33. The van der Waals surface area contributed by atoms with Crippen molar-refractivity contribution in [3.05, 3.63) is 35.1 Å². The molecule has 0 bridgehead atoms. The Hall–Kier alpha value is -1.46. The molecule has 0 radical (unpaired) electrons. The highest BCUT2D eigenvalue weighted by Crippen LogP contribution is 2.18. The SMILES string of the molecule is Cc1ccc(F)c(CN2CCOCC2CC(=O)O)c1. The highest BCUT2D eigenvalue weighted by molar-refractivity contribution is 5.67. The number of carboxylic acids is 1. The molecule has 0 amide bonds. The predicted octanol–water partition coefficient (Wildman–Crippen LogP) is 1.81. The summed E-state index contributed by atoms with van der Waals surface area (Å²) in [6.45, 7) is 3.92. The number of benzene rings is 1. The smallest absolute Gasteiger partial charge is 0.305 e. The molecule has 1 aliphatic heterocycles. The van der Waals surface area contributed by atoms with Crippen LogP contribution >= 0.6 is 0 Å². The second kappa shape index (κ2) is 6.12. The van der Waals surface area contributed by atoms with Crippen molar-refractivity contribution in [1.82, 2.24) is 4.90 Å². The van der Waals surface area contributed by atoms with E-state index in [9.17, 15) is 9.18 Å². The summed E-state index contributed by atoms with van der Waals surface area (Å²) < 4.78 is 19.0. The molecular formula is C14H18FNO3. The van der Waals surface area contributed by atoms with Gasteiger partial charge in [0, 0.05) is 24.7 Å². The van der Waals surface area contributed by atoms with Gasteiger partial charge < -0.3 is 9.84 Å². The van der Waals surface area contributed by atoms with Gasteiger partial charge in [0.2, 0.25) is 0 Å². The number of aryl methyl sites for hydroxylation is 1. The van der Waals surface area contributed by atoms with E-state index in [4.69, 9.17) is 9.84 Å². The lowest BCUT2D eigenvalue weighted by Crippen LogP contribution is -2.46. The van der Waals surface area contributed by atoms with Crippen molar-refractivity contribution in [2.75, 3.05) is 19.8 Å². The van der Waals surface area contributed by atoms with Crippen molar-refractivity contribution < 1.29 is 19.0 Å². The molecule has 1 fully saturated rings. The van der Waals surface area contributed by atoms with E-state index in [1.54, 1.807) is 6.07 Å². The lowest BCUT2D eigenvalue weighted by Gasteiger charge is -2.34. The highest BCUT2D eigenvalue weighted by Gasteiger charge is 2.25. The van der Waals surface area contributed by atoms with Crippen LogP contribution in [0.5, 0.6) is 0 Å². The van der Waals surface area contributed by atoms with E-state index in [0.29, 0.717) is 31.9 Å². The first-order chi connectivity index (χ1) is 9.06. The fourth-order valence-corrected chi connectivity index (χ4v) is 2.33. The van der Waals surface area contributed by atoms with E-state index < -0.39 is 5.97 Å². The monoisotopic (exact) mass is 267 g/mol. The molecule has 4 nitrogen and oxygen atoms in total. The van der Waals surface area contributed by atoms with Crippen LogP contribution in [0.2, 0.25) is 0 Å². The summed E-state index contributed by atoms with van der Waals surface area (Å²) in [7, 11) is 0. The van der Waals surface area contributed by atoms with Crippen LogP contribution in [0.3, 0.4) is 0 Å². The fraction of sp³-hybridized carbons (Fsp3) is 0.500. The van der Waals surface area contributed by atoms with E-state index in [0.717, 1.165) is 5.56 Å². The summed E-state index contributed by atoms with van der Waals surface area (Å²) >= 11 is 0. The normalized spacial score (nSPS) is 20.4. The Morgan fingerprint density at radius 3 is 3.11 bits per heavy atom. The summed E-state index contributed by atoms with van der Waals surface area (Å²) in [4.78, 5) is 12.8. The Kier molecular flexibility index (Phi) is 4.50. The third kappa shape index (κ3) is 3.75. The van der Waals surface area contributed by atoms with E-state index in [2.05, 4.69) is 0 Å². The first kappa shape index (κ1) is 14.0. The van der Waals surface area contributed by atoms with E-state index in [1.165, 1.54) is 6.07 Å². The average molecular weight is 267 g/mol. The van der Waals surface area contributed by atoms with Crippen molar-refractivity contribution in [3.63, 3.8) is 0 Å². The molecule has 104 valence electrons. The molecule has 0 aromatic heterocycles. The molecule has 1 saturated heterocycles. The van der Waals surface area contributed by atoms with E-state index in [1.807, 2.05) is 17.9 Å². The van der Waals surface area contributed by atoms with Crippen molar-refractivity contribution in [2.45, 2.75) is 25.9 Å². The lowest BCUT2D eigenvalue weighted by molar-refractivity contribution is -0.140. The summed E-state index contributed by atoms with van der Waals surface area (Å²) in [6.07, 6.45) is 0.0213. The number of aliphatic carboxylic acids is 1. The maximum atomic E-state index is 13.7. The first-order valence-corrected chi connectivity index (χ1v) is 6.35. The van der Waals surface area contributed by atoms with Gasteiger partial charge in [0.25, 0.3) is 0 Å². The lowest BCUT2D eigenvalue weighted by atomic mass is 10.1. The largest absolute Gasteiger partial charge is 0.481 e. The second-order valence-electron chi connectivity index (χ2n) is 4.89. The zero-order valence-electron chi connectivity index (χ0n) is 10.9. The van der Waals surface area contributed by atoms with Gasteiger partial charge in [0.15, 0.2) is 0 Å². The first-order valence-electron chi connectivity index (χ1n) is 6.35. The van der Waals surface area contributed by atoms with Crippen LogP contribution in [0.25, 0.3) is 0 Å². The van der Waals surface area contributed by atoms with Crippen molar-refractivity contribution in [2.24, 2.45) is 0 Å². The standard InChI is InChI=1S/C14H18FNO3/c1-10-2-3-13(15)11(6-10)8-16-4-5-19-9-12(16)7-14(17)18/h2-3,6,12H,4-5,7-9H2,1H3,(H,17,18). The number of ether oxygens (including phenoxy) is 1. The van der Waals surface area contributed by atoms with Gasteiger partial charge in [-0.25, -0.2) is 4.39 Å². The molecule has 1 heterocycles. The van der Waals surface area contributed by atoms with Gasteiger partial charge in [0.05, 0.1) is 19.6 Å². The van der Waals surface area contributed by atoms with E-state index in [-0.39, 0.29) is 18.3 Å². The van der Waals surface area contributed by atoms with Crippen LogP contribution in [-0.2, 0) is 16.1 Å². The molecule has 1 aromatic rings. The molecule has 1 N–H and O–H groups in total. The number of morpholine rings is 1. The number of carbonyl (C=O) groups is 1. The van der Waals surface area contributed by atoms with Gasteiger partial charge in [-0.05, 0) is 13.0 Å². The molecule has 1 atom stereocenters. The molecule has 0 aliphatic carbocycles. The number of hydrogen-bond donors (Lipinski definition) is 1. The van der Waals surface area contributed by atoms with Crippen molar-refractivity contribution >= 4 is 5.97 Å². The average Bonchev–Trinajstić information content (AvgIpc) is 2.35. The second-order valence-corrected chi connectivity index (χ2v) is 4.89. The molecule has 0 saturated carbocycles.